The van der Waals surface area contributed by atoms with E-state index >= 15 is 0 Å². The van der Waals surface area contributed by atoms with E-state index in [0.717, 1.165) is 41.1 Å². The second kappa shape index (κ2) is 7.25. The molecule has 0 aliphatic carbocycles. The standard InChI is InChI=1S/C20H22N4O2S/c1-21-27(25,26)17-7-5-6-15(12-17)16-8-9-18-19(13-16)23-20(14-22-18)24-10-3-2-4-11-24/h5-9,12-14,21H,2-4,10-11H2,1H3. The van der Waals surface area contributed by atoms with Crippen LogP contribution >= 0.6 is 0 Å². The first-order valence-corrected chi connectivity index (χ1v) is 10.6. The van der Waals surface area contributed by atoms with Crippen LogP contribution in [0.2, 0.25) is 0 Å². The Morgan fingerprint density at radius 3 is 2.52 bits per heavy atom. The molecule has 1 saturated heterocycles. The maximum absolute atomic E-state index is 12.1. The highest BCUT2D eigenvalue weighted by molar-refractivity contribution is 7.89. The van der Waals surface area contributed by atoms with Crippen LogP contribution in [-0.4, -0.2) is 38.5 Å². The Morgan fingerprint density at radius 2 is 1.74 bits per heavy atom. The number of rotatable bonds is 4. The molecule has 1 fully saturated rings. The molecule has 27 heavy (non-hydrogen) atoms. The minimum atomic E-state index is -3.48. The Morgan fingerprint density at radius 1 is 0.963 bits per heavy atom. The highest BCUT2D eigenvalue weighted by atomic mass is 32.2. The maximum Gasteiger partial charge on any atom is 0.240 e. The minimum absolute atomic E-state index is 0.246. The topological polar surface area (TPSA) is 75.2 Å². The molecule has 0 atom stereocenters. The Kier molecular flexibility index (Phi) is 4.80. The number of sulfonamides is 1. The molecule has 1 N–H and O–H groups in total. The average molecular weight is 382 g/mol. The Bertz CT molecular complexity index is 1080. The van der Waals surface area contributed by atoms with Crippen LogP contribution in [0, 0.1) is 0 Å². The number of anilines is 1. The van der Waals surface area contributed by atoms with Gasteiger partial charge in [0.25, 0.3) is 0 Å². The van der Waals surface area contributed by atoms with E-state index in [1.54, 1.807) is 18.2 Å². The van der Waals surface area contributed by atoms with Crippen molar-refractivity contribution >= 4 is 26.9 Å². The van der Waals surface area contributed by atoms with E-state index in [-0.39, 0.29) is 4.90 Å². The molecule has 0 unspecified atom stereocenters. The number of nitrogens with zero attached hydrogens (tertiary/aromatic N) is 3. The van der Waals surface area contributed by atoms with Gasteiger partial charge in [-0.15, -0.1) is 0 Å². The molecule has 3 aromatic rings. The number of fused-ring (bicyclic) bond motifs is 1. The smallest absolute Gasteiger partial charge is 0.240 e. The molecular formula is C20H22N4O2S. The van der Waals surface area contributed by atoms with Crippen LogP contribution in [0.3, 0.4) is 0 Å². The van der Waals surface area contributed by atoms with Crippen LogP contribution in [0.4, 0.5) is 5.82 Å². The van der Waals surface area contributed by atoms with Crippen LogP contribution in [0.15, 0.2) is 53.6 Å². The summed E-state index contributed by atoms with van der Waals surface area (Å²) in [5, 5.41) is 0. The average Bonchev–Trinajstić information content (AvgIpc) is 2.73. The van der Waals surface area contributed by atoms with Gasteiger partial charge in [0.2, 0.25) is 10.0 Å². The van der Waals surface area contributed by atoms with Crippen LogP contribution in [0.5, 0.6) is 0 Å². The summed E-state index contributed by atoms with van der Waals surface area (Å²) in [7, 11) is -2.06. The lowest BCUT2D eigenvalue weighted by atomic mass is 10.1. The van der Waals surface area contributed by atoms with Gasteiger partial charge in [-0.05, 0) is 61.7 Å². The fourth-order valence-electron chi connectivity index (χ4n) is 3.42. The monoisotopic (exact) mass is 382 g/mol. The van der Waals surface area contributed by atoms with Crippen molar-refractivity contribution in [3.8, 4) is 11.1 Å². The molecule has 1 aliphatic rings. The summed E-state index contributed by atoms with van der Waals surface area (Å²) >= 11 is 0. The molecule has 2 heterocycles. The first kappa shape index (κ1) is 17.9. The van der Waals surface area contributed by atoms with Crippen molar-refractivity contribution in [1.82, 2.24) is 14.7 Å². The molecule has 0 radical (unpaired) electrons. The number of benzene rings is 2. The van der Waals surface area contributed by atoms with Crippen molar-refractivity contribution in [2.45, 2.75) is 24.2 Å². The fraction of sp³-hybridized carbons (Fsp3) is 0.300. The van der Waals surface area contributed by atoms with E-state index in [4.69, 9.17) is 4.98 Å². The highest BCUT2D eigenvalue weighted by Gasteiger charge is 2.14. The second-order valence-electron chi connectivity index (χ2n) is 6.71. The van der Waals surface area contributed by atoms with Crippen LogP contribution < -0.4 is 9.62 Å². The quantitative estimate of drug-likeness (QED) is 0.750. The molecule has 6 nitrogen and oxygen atoms in total. The highest BCUT2D eigenvalue weighted by Crippen LogP contribution is 2.26. The summed E-state index contributed by atoms with van der Waals surface area (Å²) in [4.78, 5) is 11.9. The van der Waals surface area contributed by atoms with Crippen LogP contribution in [0.25, 0.3) is 22.2 Å². The molecule has 0 spiro atoms. The lowest BCUT2D eigenvalue weighted by molar-refractivity contribution is 0.573. The van der Waals surface area contributed by atoms with Gasteiger partial charge in [-0.3, -0.25) is 4.98 Å². The summed E-state index contributed by atoms with van der Waals surface area (Å²) < 4.78 is 26.5. The number of piperidine rings is 1. The van der Waals surface area contributed by atoms with Gasteiger partial charge in [0, 0.05) is 13.1 Å². The zero-order valence-corrected chi connectivity index (χ0v) is 16.0. The van der Waals surface area contributed by atoms with Gasteiger partial charge < -0.3 is 4.90 Å². The van der Waals surface area contributed by atoms with E-state index in [1.165, 1.54) is 26.3 Å². The molecule has 0 saturated carbocycles. The number of nitrogens with one attached hydrogen (secondary N) is 1. The Balaban J connectivity index is 1.73. The van der Waals surface area contributed by atoms with Crippen molar-refractivity contribution < 1.29 is 8.42 Å². The van der Waals surface area contributed by atoms with Crippen molar-refractivity contribution in [3.05, 3.63) is 48.7 Å². The summed E-state index contributed by atoms with van der Waals surface area (Å²) in [6, 6.07) is 12.8. The predicted molar refractivity (Wildman–Crippen MR) is 107 cm³/mol. The second-order valence-corrected chi connectivity index (χ2v) is 8.60. The summed E-state index contributed by atoms with van der Waals surface area (Å²) in [5.74, 6) is 0.908. The molecule has 4 rings (SSSR count). The largest absolute Gasteiger partial charge is 0.355 e. The summed E-state index contributed by atoms with van der Waals surface area (Å²) in [5.41, 5.74) is 3.40. The van der Waals surface area contributed by atoms with Gasteiger partial charge in [0.05, 0.1) is 22.1 Å². The zero-order valence-electron chi connectivity index (χ0n) is 15.2. The lowest BCUT2D eigenvalue weighted by Gasteiger charge is -2.27. The SMILES string of the molecule is CNS(=O)(=O)c1cccc(-c2ccc3ncc(N4CCCCC4)nc3c2)c1. The van der Waals surface area contributed by atoms with Gasteiger partial charge in [-0.2, -0.15) is 0 Å². The lowest BCUT2D eigenvalue weighted by Crippen LogP contribution is -2.30. The third kappa shape index (κ3) is 3.65. The molecule has 7 heteroatoms. The molecule has 1 aromatic heterocycles. The fourth-order valence-corrected chi connectivity index (χ4v) is 4.19. The molecule has 2 aromatic carbocycles. The van der Waals surface area contributed by atoms with Gasteiger partial charge >= 0.3 is 0 Å². The Labute approximate surface area is 159 Å². The molecule has 0 bridgehead atoms. The number of aromatic nitrogens is 2. The molecular weight excluding hydrogens is 360 g/mol. The molecule has 1 aliphatic heterocycles. The van der Waals surface area contributed by atoms with Gasteiger partial charge in [-0.25, -0.2) is 18.1 Å². The van der Waals surface area contributed by atoms with Crippen molar-refractivity contribution in [2.24, 2.45) is 0 Å². The van der Waals surface area contributed by atoms with Gasteiger partial charge in [0.15, 0.2) is 0 Å². The Hall–Kier alpha value is -2.51. The number of hydrogen-bond donors (Lipinski definition) is 1. The first-order valence-electron chi connectivity index (χ1n) is 9.12. The normalized spacial score (nSPS) is 15.2. The molecule has 140 valence electrons. The summed E-state index contributed by atoms with van der Waals surface area (Å²) in [6.45, 7) is 2.04. The van der Waals surface area contributed by atoms with E-state index in [2.05, 4.69) is 14.6 Å². The molecule has 0 amide bonds. The third-order valence-corrected chi connectivity index (χ3v) is 6.37. The van der Waals surface area contributed by atoms with E-state index in [9.17, 15) is 8.42 Å². The van der Waals surface area contributed by atoms with Crippen LogP contribution in [-0.2, 0) is 10.0 Å². The van der Waals surface area contributed by atoms with Crippen molar-refractivity contribution in [3.63, 3.8) is 0 Å². The minimum Gasteiger partial charge on any atom is -0.355 e. The summed E-state index contributed by atoms with van der Waals surface area (Å²) in [6.07, 6.45) is 5.49. The van der Waals surface area contributed by atoms with Gasteiger partial charge in [-0.1, -0.05) is 18.2 Å². The zero-order chi connectivity index (χ0) is 18.9. The maximum atomic E-state index is 12.1. The van der Waals surface area contributed by atoms with E-state index in [0.29, 0.717) is 0 Å². The first-order chi connectivity index (χ1) is 13.1. The van der Waals surface area contributed by atoms with Gasteiger partial charge in [0.1, 0.15) is 5.82 Å². The number of hydrogen-bond acceptors (Lipinski definition) is 5. The predicted octanol–water partition coefficient (Wildman–Crippen LogP) is 3.20. The van der Waals surface area contributed by atoms with Crippen molar-refractivity contribution in [1.29, 1.82) is 0 Å². The van der Waals surface area contributed by atoms with E-state index < -0.39 is 10.0 Å². The van der Waals surface area contributed by atoms with Crippen LogP contribution in [0.1, 0.15) is 19.3 Å². The third-order valence-electron chi connectivity index (χ3n) is 4.96. The van der Waals surface area contributed by atoms with E-state index in [1.807, 2.05) is 30.5 Å². The van der Waals surface area contributed by atoms with Crippen molar-refractivity contribution in [2.75, 3.05) is 25.0 Å².